The molecular weight excluding hydrogens is 524 g/mol. The molecule has 4 rings (SSSR count). The molecule has 0 amide bonds. The molecule has 1 aromatic heterocycles. The van der Waals surface area contributed by atoms with Gasteiger partial charge in [-0.15, -0.1) is 5.10 Å². The van der Waals surface area contributed by atoms with Gasteiger partial charge in [0.1, 0.15) is 24.0 Å². The summed E-state index contributed by atoms with van der Waals surface area (Å²) in [6, 6.07) is 12.9. The molecule has 0 spiro atoms. The zero-order chi connectivity index (χ0) is 28.5. The Morgan fingerprint density at radius 1 is 0.872 bits per heavy atom. The Morgan fingerprint density at radius 3 is 2.23 bits per heavy atom. The summed E-state index contributed by atoms with van der Waals surface area (Å²) in [5, 5.41) is 4.10. The second-order valence-electron chi connectivity index (χ2n) is 9.74. The zero-order valence-electron chi connectivity index (χ0n) is 20.9. The van der Waals surface area contributed by atoms with Crippen LogP contribution in [0.2, 0.25) is 0 Å². The number of rotatable bonds is 8. The van der Waals surface area contributed by atoms with Gasteiger partial charge in [0.2, 0.25) is 0 Å². The predicted octanol–water partition coefficient (Wildman–Crippen LogP) is 6.13. The molecule has 0 unspecified atom stereocenters. The number of hydrogen-bond donors (Lipinski definition) is 0. The number of Topliss-reactive ketones (excluding diaryl/α,β-unsaturated/α-hetero) is 1. The maximum Gasteiger partial charge on any atom is 0.416 e. The van der Waals surface area contributed by atoms with Crippen LogP contribution in [0.1, 0.15) is 37.0 Å². The Labute approximate surface area is 219 Å². The van der Waals surface area contributed by atoms with E-state index in [9.17, 15) is 35.9 Å². The maximum atomic E-state index is 14.6. The van der Waals surface area contributed by atoms with Gasteiger partial charge >= 0.3 is 11.9 Å². The first-order valence-electron chi connectivity index (χ1n) is 11.8. The van der Waals surface area contributed by atoms with Crippen LogP contribution in [0.5, 0.6) is 0 Å². The van der Waals surface area contributed by atoms with Crippen molar-refractivity contribution in [3.8, 4) is 11.4 Å². The van der Waals surface area contributed by atoms with Crippen molar-refractivity contribution in [3.05, 3.63) is 111 Å². The lowest BCUT2D eigenvalue weighted by atomic mass is 9.79. The molecule has 1 heterocycles. The van der Waals surface area contributed by atoms with Crippen molar-refractivity contribution < 1.29 is 31.1 Å². The second kappa shape index (κ2) is 10.5. The van der Waals surface area contributed by atoms with Gasteiger partial charge in [-0.2, -0.15) is 13.2 Å². The highest BCUT2D eigenvalue weighted by Crippen LogP contribution is 2.34. The minimum Gasteiger partial charge on any atom is -0.298 e. The molecule has 0 radical (unpaired) electrons. The summed E-state index contributed by atoms with van der Waals surface area (Å²) in [4.78, 5) is 26.3. The van der Waals surface area contributed by atoms with Gasteiger partial charge in [-0.05, 0) is 35.2 Å². The lowest BCUT2D eigenvalue weighted by Gasteiger charge is -2.25. The average Bonchev–Trinajstić information content (AvgIpc) is 3.14. The number of carbonyl (C=O) groups is 1. The Morgan fingerprint density at radius 2 is 1.56 bits per heavy atom. The highest BCUT2D eigenvalue weighted by atomic mass is 19.4. The summed E-state index contributed by atoms with van der Waals surface area (Å²) >= 11 is 0. The van der Waals surface area contributed by atoms with Gasteiger partial charge in [0.15, 0.2) is 11.6 Å². The molecule has 0 fully saturated rings. The molecule has 0 aliphatic heterocycles. The summed E-state index contributed by atoms with van der Waals surface area (Å²) in [5.74, 6) is -3.27. The highest BCUT2D eigenvalue weighted by Gasteiger charge is 2.33. The molecule has 0 saturated heterocycles. The normalized spacial score (nSPS) is 12.1. The molecule has 3 aromatic carbocycles. The van der Waals surface area contributed by atoms with Crippen LogP contribution in [0.3, 0.4) is 0 Å². The second-order valence-corrected chi connectivity index (χ2v) is 9.74. The quantitative estimate of drug-likeness (QED) is 0.249. The number of hydrogen-bond acceptors (Lipinski definition) is 3. The van der Waals surface area contributed by atoms with E-state index < -0.39 is 52.6 Å². The van der Waals surface area contributed by atoms with E-state index >= 15 is 0 Å². The van der Waals surface area contributed by atoms with E-state index in [1.807, 2.05) is 0 Å². The minimum absolute atomic E-state index is 0.0972. The third-order valence-electron chi connectivity index (χ3n) is 6.32. The standard InChI is InChI=1S/C28H23F6N3O2/c1-27(2,18-7-5-8-19(12-18)28(32,33)34)14-21(38)16-37-26(39)36(15-17-6-3-4-9-23(17)30)25(35-37)22-11-10-20(29)13-24(22)31/h3-13H,14-16H2,1-2H3. The molecule has 0 N–H and O–H groups in total. The summed E-state index contributed by atoms with van der Waals surface area (Å²) in [5.41, 5.74) is -2.59. The maximum absolute atomic E-state index is 14.6. The summed E-state index contributed by atoms with van der Waals surface area (Å²) in [6.45, 7) is 2.28. The van der Waals surface area contributed by atoms with E-state index in [1.165, 1.54) is 30.3 Å². The Bertz CT molecular complexity index is 1590. The molecule has 0 atom stereocenters. The zero-order valence-corrected chi connectivity index (χ0v) is 20.9. The minimum atomic E-state index is -4.56. The first-order chi connectivity index (χ1) is 18.3. The number of carbonyl (C=O) groups excluding carboxylic acids is 1. The van der Waals surface area contributed by atoms with Crippen LogP contribution in [0.4, 0.5) is 26.3 Å². The van der Waals surface area contributed by atoms with Crippen LogP contribution >= 0.6 is 0 Å². The Hall–Kier alpha value is -4.15. The molecule has 0 saturated carbocycles. The lowest BCUT2D eigenvalue weighted by Crippen LogP contribution is -2.31. The fourth-order valence-electron chi connectivity index (χ4n) is 4.29. The third-order valence-corrected chi connectivity index (χ3v) is 6.32. The summed E-state index contributed by atoms with van der Waals surface area (Å²) in [7, 11) is 0. The van der Waals surface area contributed by atoms with Gasteiger partial charge < -0.3 is 0 Å². The first-order valence-corrected chi connectivity index (χ1v) is 11.8. The lowest BCUT2D eigenvalue weighted by molar-refractivity contribution is -0.137. The molecule has 0 aliphatic rings. The van der Waals surface area contributed by atoms with Gasteiger partial charge in [0.25, 0.3) is 0 Å². The number of halogens is 6. The average molecular weight is 547 g/mol. The van der Waals surface area contributed by atoms with Gasteiger partial charge in [-0.3, -0.25) is 9.36 Å². The summed E-state index contributed by atoms with van der Waals surface area (Å²) < 4.78 is 83.8. The molecule has 4 aromatic rings. The number of aromatic nitrogens is 3. The van der Waals surface area contributed by atoms with Crippen molar-refractivity contribution in [1.82, 2.24) is 14.3 Å². The molecule has 0 aliphatic carbocycles. The SMILES string of the molecule is CC(C)(CC(=O)Cn1nc(-c2ccc(F)cc2F)n(Cc2ccccc2F)c1=O)c1cccc(C(F)(F)F)c1. The van der Waals surface area contributed by atoms with Gasteiger partial charge in [0, 0.05) is 18.1 Å². The topological polar surface area (TPSA) is 56.9 Å². The van der Waals surface area contributed by atoms with Crippen LogP contribution in [-0.2, 0) is 29.5 Å². The Kier molecular flexibility index (Phi) is 7.54. The molecule has 5 nitrogen and oxygen atoms in total. The molecule has 11 heteroatoms. The van der Waals surface area contributed by atoms with Crippen molar-refractivity contribution in [1.29, 1.82) is 0 Å². The number of benzene rings is 3. The van der Waals surface area contributed by atoms with Gasteiger partial charge in [-0.25, -0.2) is 22.6 Å². The summed E-state index contributed by atoms with van der Waals surface area (Å²) in [6.07, 6.45) is -4.79. The molecule has 0 bridgehead atoms. The van der Waals surface area contributed by atoms with Crippen molar-refractivity contribution in [2.45, 2.75) is 44.9 Å². The van der Waals surface area contributed by atoms with Crippen LogP contribution in [-0.4, -0.2) is 20.1 Å². The monoisotopic (exact) mass is 547 g/mol. The third kappa shape index (κ3) is 6.13. The van der Waals surface area contributed by atoms with Crippen molar-refractivity contribution in [2.24, 2.45) is 0 Å². The molecule has 39 heavy (non-hydrogen) atoms. The molecule has 204 valence electrons. The molecular formula is C28H23F6N3O2. The number of alkyl halides is 3. The fourth-order valence-corrected chi connectivity index (χ4v) is 4.29. The van der Waals surface area contributed by atoms with Crippen molar-refractivity contribution >= 4 is 5.78 Å². The van der Waals surface area contributed by atoms with Crippen LogP contribution in [0.25, 0.3) is 11.4 Å². The smallest absolute Gasteiger partial charge is 0.298 e. The van der Waals surface area contributed by atoms with E-state index in [0.717, 1.165) is 33.5 Å². The number of ketones is 1. The van der Waals surface area contributed by atoms with E-state index in [1.54, 1.807) is 19.9 Å². The van der Waals surface area contributed by atoms with Crippen molar-refractivity contribution in [3.63, 3.8) is 0 Å². The van der Waals surface area contributed by atoms with Crippen LogP contribution in [0.15, 0.2) is 71.5 Å². The Balaban J connectivity index is 1.67. The highest BCUT2D eigenvalue weighted by molar-refractivity contribution is 5.79. The number of nitrogens with zero attached hydrogens (tertiary/aromatic N) is 3. The van der Waals surface area contributed by atoms with E-state index in [0.29, 0.717) is 6.07 Å². The largest absolute Gasteiger partial charge is 0.416 e. The first kappa shape index (κ1) is 27.9. The van der Waals surface area contributed by atoms with E-state index in [-0.39, 0.29) is 35.5 Å². The van der Waals surface area contributed by atoms with Crippen molar-refractivity contribution in [2.75, 3.05) is 0 Å². The van der Waals surface area contributed by atoms with Gasteiger partial charge in [0.05, 0.1) is 17.7 Å². The van der Waals surface area contributed by atoms with E-state index in [4.69, 9.17) is 0 Å². The van der Waals surface area contributed by atoms with Gasteiger partial charge in [-0.1, -0.05) is 50.2 Å². The van der Waals surface area contributed by atoms with E-state index in [2.05, 4.69) is 5.10 Å². The fraction of sp³-hybridized carbons (Fsp3) is 0.250. The predicted molar refractivity (Wildman–Crippen MR) is 131 cm³/mol. The van der Waals surface area contributed by atoms with Crippen LogP contribution < -0.4 is 5.69 Å². The van der Waals surface area contributed by atoms with Crippen LogP contribution in [0, 0.1) is 17.5 Å².